The van der Waals surface area contributed by atoms with Gasteiger partial charge >= 0.3 is 7.12 Å². The van der Waals surface area contributed by atoms with Crippen LogP contribution in [0.5, 0.6) is 5.75 Å². The minimum absolute atomic E-state index is 0.0480. The Balaban J connectivity index is 1.49. The Morgan fingerprint density at radius 3 is 2.23 bits per heavy atom. The number of hydrogen-bond acceptors (Lipinski definition) is 4. The molecule has 1 aromatic rings. The van der Waals surface area contributed by atoms with Crippen LogP contribution in [0.3, 0.4) is 0 Å². The van der Waals surface area contributed by atoms with Crippen LogP contribution in [-0.4, -0.2) is 36.9 Å². The number of hydrogen-bond donors (Lipinski definition) is 1. The molecule has 5 nitrogen and oxygen atoms in total. The Morgan fingerprint density at radius 1 is 1.08 bits per heavy atom. The Kier molecular flexibility index (Phi) is 5.63. The van der Waals surface area contributed by atoms with Gasteiger partial charge in [-0.15, -0.1) is 0 Å². The normalized spacial score (nSPS) is 22.2. The second-order valence-corrected chi connectivity index (χ2v) is 8.35. The third-order valence-electron chi connectivity index (χ3n) is 5.75. The zero-order chi connectivity index (χ0) is 18.8. The Bertz CT molecular complexity index is 607. The lowest BCUT2D eigenvalue weighted by atomic mass is 9.79. The number of ether oxygens (including phenoxy) is 1. The third-order valence-corrected chi connectivity index (χ3v) is 5.75. The number of nitrogens with one attached hydrogen (secondary N) is 1. The van der Waals surface area contributed by atoms with Gasteiger partial charge in [-0.3, -0.25) is 4.79 Å². The fraction of sp³-hybridized carbons (Fsp3) is 0.650. The summed E-state index contributed by atoms with van der Waals surface area (Å²) in [6.07, 6.45) is 5.83. The minimum atomic E-state index is -0.386. The molecule has 0 aromatic heterocycles. The lowest BCUT2D eigenvalue weighted by Gasteiger charge is -2.32. The number of amides is 1. The van der Waals surface area contributed by atoms with E-state index < -0.39 is 0 Å². The first-order chi connectivity index (χ1) is 12.3. The van der Waals surface area contributed by atoms with Crippen LogP contribution >= 0.6 is 0 Å². The van der Waals surface area contributed by atoms with E-state index in [0.29, 0.717) is 11.8 Å². The van der Waals surface area contributed by atoms with E-state index in [0.717, 1.165) is 18.3 Å². The highest BCUT2D eigenvalue weighted by Crippen LogP contribution is 2.36. The van der Waals surface area contributed by atoms with E-state index in [2.05, 4.69) is 5.32 Å². The molecule has 3 rings (SSSR count). The van der Waals surface area contributed by atoms with Gasteiger partial charge in [0.05, 0.1) is 11.2 Å². The molecule has 1 aliphatic heterocycles. The summed E-state index contributed by atoms with van der Waals surface area (Å²) in [6, 6.07) is 7.88. The maximum atomic E-state index is 12.0. The van der Waals surface area contributed by atoms with Gasteiger partial charge in [-0.05, 0) is 58.1 Å². The van der Waals surface area contributed by atoms with Gasteiger partial charge in [0, 0.05) is 6.04 Å². The molecule has 1 heterocycles. The van der Waals surface area contributed by atoms with Gasteiger partial charge in [-0.25, -0.2) is 0 Å². The Morgan fingerprint density at radius 2 is 1.65 bits per heavy atom. The molecule has 2 aliphatic rings. The molecule has 1 aliphatic carbocycles. The van der Waals surface area contributed by atoms with E-state index in [4.69, 9.17) is 14.0 Å². The van der Waals surface area contributed by atoms with Crippen molar-refractivity contribution in [1.82, 2.24) is 5.32 Å². The molecular weight excluding hydrogens is 329 g/mol. The third kappa shape index (κ3) is 4.41. The van der Waals surface area contributed by atoms with Gasteiger partial charge in [0.2, 0.25) is 0 Å². The highest BCUT2D eigenvalue weighted by Gasteiger charge is 2.51. The summed E-state index contributed by atoms with van der Waals surface area (Å²) in [4.78, 5) is 12.0. The lowest BCUT2D eigenvalue weighted by molar-refractivity contribution is -0.124. The second kappa shape index (κ2) is 7.61. The molecule has 0 spiro atoms. The first kappa shape index (κ1) is 19.2. The Hall–Kier alpha value is -1.53. The number of benzene rings is 1. The smallest absolute Gasteiger partial charge is 0.484 e. The SMILES string of the molecule is CC1(C)OB(c2ccc(OCC(=O)NC3CCCCC3)cc2)OC1(C)C. The maximum absolute atomic E-state index is 12.0. The van der Waals surface area contributed by atoms with Crippen LogP contribution in [0, 0.1) is 0 Å². The molecule has 26 heavy (non-hydrogen) atoms. The number of carbonyl (C=O) groups excluding carboxylic acids is 1. The van der Waals surface area contributed by atoms with Crippen molar-refractivity contribution in [3.63, 3.8) is 0 Å². The van der Waals surface area contributed by atoms with Gasteiger partial charge < -0.3 is 19.4 Å². The van der Waals surface area contributed by atoms with E-state index in [9.17, 15) is 4.79 Å². The molecule has 2 fully saturated rings. The largest absolute Gasteiger partial charge is 0.494 e. The van der Waals surface area contributed by atoms with E-state index in [-0.39, 0.29) is 30.8 Å². The molecule has 1 saturated carbocycles. The maximum Gasteiger partial charge on any atom is 0.494 e. The number of carbonyl (C=O) groups is 1. The topological polar surface area (TPSA) is 56.8 Å². The fourth-order valence-electron chi connectivity index (χ4n) is 3.37. The average molecular weight is 359 g/mol. The molecule has 1 N–H and O–H groups in total. The zero-order valence-corrected chi connectivity index (χ0v) is 16.3. The predicted molar refractivity (Wildman–Crippen MR) is 103 cm³/mol. The molecule has 142 valence electrons. The van der Waals surface area contributed by atoms with Gasteiger partial charge in [0.25, 0.3) is 5.91 Å². The van der Waals surface area contributed by atoms with Gasteiger partial charge in [-0.2, -0.15) is 0 Å². The highest BCUT2D eigenvalue weighted by molar-refractivity contribution is 6.62. The summed E-state index contributed by atoms with van der Waals surface area (Å²) in [5.74, 6) is 0.621. The van der Waals surface area contributed by atoms with Crippen LogP contribution in [0.15, 0.2) is 24.3 Å². The summed E-state index contributed by atoms with van der Waals surface area (Å²) < 4.78 is 17.7. The molecule has 0 unspecified atom stereocenters. The van der Waals surface area contributed by atoms with Gasteiger partial charge in [-0.1, -0.05) is 31.4 Å². The van der Waals surface area contributed by atoms with Crippen molar-refractivity contribution in [3.8, 4) is 5.75 Å². The van der Waals surface area contributed by atoms with Crippen molar-refractivity contribution in [3.05, 3.63) is 24.3 Å². The van der Waals surface area contributed by atoms with Crippen LogP contribution in [0.25, 0.3) is 0 Å². The second-order valence-electron chi connectivity index (χ2n) is 8.35. The predicted octanol–water partition coefficient (Wildman–Crippen LogP) is 2.81. The van der Waals surface area contributed by atoms with Crippen molar-refractivity contribution >= 4 is 18.5 Å². The van der Waals surface area contributed by atoms with Gasteiger partial charge in [0.15, 0.2) is 6.61 Å². The molecule has 1 amide bonds. The zero-order valence-electron chi connectivity index (χ0n) is 16.3. The molecule has 0 bridgehead atoms. The van der Waals surface area contributed by atoms with Crippen LogP contribution < -0.4 is 15.5 Å². The van der Waals surface area contributed by atoms with E-state index in [1.165, 1.54) is 19.3 Å². The first-order valence-electron chi connectivity index (χ1n) is 9.65. The quantitative estimate of drug-likeness (QED) is 0.822. The highest BCUT2D eigenvalue weighted by atomic mass is 16.7. The van der Waals surface area contributed by atoms with Crippen LogP contribution in [-0.2, 0) is 14.1 Å². The first-order valence-corrected chi connectivity index (χ1v) is 9.65. The summed E-state index contributed by atoms with van der Waals surface area (Å²) in [7, 11) is -0.386. The van der Waals surface area contributed by atoms with Crippen molar-refractivity contribution in [1.29, 1.82) is 0 Å². The lowest BCUT2D eigenvalue weighted by Crippen LogP contribution is -2.41. The number of rotatable bonds is 5. The molecule has 6 heteroatoms. The van der Waals surface area contributed by atoms with E-state index >= 15 is 0 Å². The van der Waals surface area contributed by atoms with Gasteiger partial charge in [0.1, 0.15) is 5.75 Å². The fourth-order valence-corrected chi connectivity index (χ4v) is 3.37. The molecule has 1 saturated heterocycles. The van der Waals surface area contributed by atoms with Crippen LogP contribution in [0.2, 0.25) is 0 Å². The monoisotopic (exact) mass is 359 g/mol. The summed E-state index contributed by atoms with van der Waals surface area (Å²) >= 11 is 0. The van der Waals surface area contributed by atoms with Crippen molar-refractivity contribution in [2.24, 2.45) is 0 Å². The summed E-state index contributed by atoms with van der Waals surface area (Å²) in [5, 5.41) is 3.06. The van der Waals surface area contributed by atoms with Crippen molar-refractivity contribution < 1.29 is 18.8 Å². The average Bonchev–Trinajstić information content (AvgIpc) is 2.82. The minimum Gasteiger partial charge on any atom is -0.484 e. The molecule has 1 aromatic carbocycles. The standard InChI is InChI=1S/C20H30BNO4/c1-19(2)20(3,4)26-21(25-19)15-10-12-17(13-11-15)24-14-18(23)22-16-8-6-5-7-9-16/h10-13,16H,5-9,14H2,1-4H3,(H,22,23). The molecule has 0 radical (unpaired) electrons. The van der Waals surface area contributed by atoms with E-state index in [1.807, 2.05) is 52.0 Å². The molecule has 0 atom stereocenters. The van der Waals surface area contributed by atoms with Crippen LogP contribution in [0.4, 0.5) is 0 Å². The van der Waals surface area contributed by atoms with E-state index in [1.54, 1.807) is 0 Å². The van der Waals surface area contributed by atoms with Crippen molar-refractivity contribution in [2.45, 2.75) is 77.0 Å². The summed E-state index contributed by atoms with van der Waals surface area (Å²) in [6.45, 7) is 8.20. The summed E-state index contributed by atoms with van der Waals surface area (Å²) in [5.41, 5.74) is 0.233. The van der Waals surface area contributed by atoms with Crippen LogP contribution in [0.1, 0.15) is 59.8 Å². The molecular formula is C20H30BNO4. The van der Waals surface area contributed by atoms with Crippen molar-refractivity contribution in [2.75, 3.05) is 6.61 Å². The Labute approximate surface area is 156 Å².